The molecule has 0 spiro atoms. The Morgan fingerprint density at radius 1 is 1.30 bits per heavy atom. The Labute approximate surface area is 164 Å². The zero-order valence-electron chi connectivity index (χ0n) is 16.2. The molecule has 0 aliphatic carbocycles. The number of aromatic nitrogens is 1. The number of hydrogen-bond acceptors (Lipinski definition) is 4. The molecule has 1 aromatic heterocycles. The smallest absolute Gasteiger partial charge is 0.266 e. The minimum absolute atomic E-state index is 0.0510. The summed E-state index contributed by atoms with van der Waals surface area (Å²) in [6, 6.07) is 7.02. The summed E-state index contributed by atoms with van der Waals surface area (Å²) in [4.78, 5) is 23.1. The maximum Gasteiger partial charge on any atom is 0.266 e. The predicted octanol–water partition coefficient (Wildman–Crippen LogP) is 4.35. The van der Waals surface area contributed by atoms with Gasteiger partial charge >= 0.3 is 0 Å². The molecule has 0 radical (unpaired) electrons. The van der Waals surface area contributed by atoms with Crippen molar-refractivity contribution >= 4 is 17.2 Å². The van der Waals surface area contributed by atoms with Crippen molar-refractivity contribution in [3.63, 3.8) is 0 Å². The molecule has 3 heterocycles. The number of benzene rings is 1. The molecule has 6 heteroatoms. The number of rotatable bonds is 2. The molecule has 0 bridgehead atoms. The number of halogens is 1. The fourth-order valence-electron chi connectivity index (χ4n) is 4.83. The maximum atomic E-state index is 14.2. The molecule has 2 aliphatic heterocycles. The summed E-state index contributed by atoms with van der Waals surface area (Å²) in [6.07, 6.45) is 4.30. The fourth-order valence-corrected chi connectivity index (χ4v) is 5.87. The van der Waals surface area contributed by atoms with Gasteiger partial charge < -0.3 is 9.80 Å². The van der Waals surface area contributed by atoms with Gasteiger partial charge in [0, 0.05) is 18.2 Å². The number of hydrogen-bond donors (Lipinski definition) is 0. The van der Waals surface area contributed by atoms with E-state index in [4.69, 9.17) is 0 Å². The SMILES string of the molecule is Cc1nc(-c2ccccc2F)sc1C(=O)N1CCC[C@@H]2N(C)CCC[C@@]21C. The quantitative estimate of drug-likeness (QED) is 0.769. The molecular weight excluding hydrogens is 361 g/mol. The van der Waals surface area contributed by atoms with Crippen molar-refractivity contribution in [2.75, 3.05) is 20.1 Å². The van der Waals surface area contributed by atoms with Gasteiger partial charge in [0.2, 0.25) is 0 Å². The monoisotopic (exact) mass is 387 g/mol. The summed E-state index contributed by atoms with van der Waals surface area (Å²) < 4.78 is 14.2. The van der Waals surface area contributed by atoms with Crippen LogP contribution in [0.2, 0.25) is 0 Å². The Hall–Kier alpha value is -1.79. The molecule has 1 aromatic carbocycles. The minimum atomic E-state index is -0.302. The van der Waals surface area contributed by atoms with E-state index in [9.17, 15) is 9.18 Å². The Kier molecular flexibility index (Phi) is 4.80. The molecular formula is C21H26FN3OS. The Balaban J connectivity index is 1.68. The van der Waals surface area contributed by atoms with Gasteiger partial charge in [0.25, 0.3) is 5.91 Å². The minimum Gasteiger partial charge on any atom is -0.331 e. The van der Waals surface area contributed by atoms with Crippen LogP contribution in [0.25, 0.3) is 10.6 Å². The van der Waals surface area contributed by atoms with Crippen LogP contribution in [-0.4, -0.2) is 52.4 Å². The lowest BCUT2D eigenvalue weighted by atomic mass is 9.76. The first kappa shape index (κ1) is 18.6. The second-order valence-electron chi connectivity index (χ2n) is 7.97. The summed E-state index contributed by atoms with van der Waals surface area (Å²) in [5, 5.41) is 0.577. The summed E-state index contributed by atoms with van der Waals surface area (Å²) in [7, 11) is 2.17. The number of carbonyl (C=O) groups is 1. The topological polar surface area (TPSA) is 36.4 Å². The number of carbonyl (C=O) groups excluding carboxylic acids is 1. The highest BCUT2D eigenvalue weighted by Crippen LogP contribution is 2.40. The van der Waals surface area contributed by atoms with Crippen molar-refractivity contribution < 1.29 is 9.18 Å². The van der Waals surface area contributed by atoms with Crippen molar-refractivity contribution in [1.29, 1.82) is 0 Å². The van der Waals surface area contributed by atoms with Crippen LogP contribution < -0.4 is 0 Å². The lowest BCUT2D eigenvalue weighted by Gasteiger charge is -2.55. The van der Waals surface area contributed by atoms with E-state index in [0.29, 0.717) is 27.2 Å². The summed E-state index contributed by atoms with van der Waals surface area (Å²) in [6.45, 7) is 5.97. The lowest BCUT2D eigenvalue weighted by Crippen LogP contribution is -2.66. The first-order valence-electron chi connectivity index (χ1n) is 9.66. The van der Waals surface area contributed by atoms with Gasteiger partial charge in [-0.25, -0.2) is 9.37 Å². The van der Waals surface area contributed by atoms with Gasteiger partial charge in [0.15, 0.2) is 0 Å². The van der Waals surface area contributed by atoms with Gasteiger partial charge in [-0.05, 0) is 65.3 Å². The number of amides is 1. The molecule has 144 valence electrons. The third-order valence-electron chi connectivity index (χ3n) is 6.26. The second kappa shape index (κ2) is 6.99. The molecule has 2 aromatic rings. The third kappa shape index (κ3) is 3.09. The van der Waals surface area contributed by atoms with E-state index in [-0.39, 0.29) is 17.3 Å². The van der Waals surface area contributed by atoms with Crippen molar-refractivity contribution in [1.82, 2.24) is 14.8 Å². The number of likely N-dealkylation sites (tertiary alicyclic amines) is 2. The molecule has 2 atom stereocenters. The highest BCUT2D eigenvalue weighted by molar-refractivity contribution is 7.17. The van der Waals surface area contributed by atoms with Gasteiger partial charge in [-0.15, -0.1) is 11.3 Å². The van der Waals surface area contributed by atoms with E-state index in [1.807, 2.05) is 6.92 Å². The standard InChI is InChI=1S/C21H26FN3OS/c1-14-18(27-19(23-14)15-8-4-5-9-16(15)22)20(26)25-13-6-10-17-21(25,2)11-7-12-24(17)3/h4-5,8-9,17H,6-7,10-13H2,1-3H3/t17-,21-/m0/s1. The number of aryl methyl sites for hydroxylation is 1. The summed E-state index contributed by atoms with van der Waals surface area (Å²) in [5.74, 6) is -0.251. The van der Waals surface area contributed by atoms with E-state index in [1.165, 1.54) is 17.4 Å². The van der Waals surface area contributed by atoms with Gasteiger partial charge in [0.05, 0.1) is 11.2 Å². The van der Waals surface area contributed by atoms with Crippen LogP contribution in [0.3, 0.4) is 0 Å². The van der Waals surface area contributed by atoms with Gasteiger partial charge in [-0.3, -0.25) is 4.79 Å². The molecule has 0 saturated carbocycles. The zero-order valence-corrected chi connectivity index (χ0v) is 17.0. The second-order valence-corrected chi connectivity index (χ2v) is 8.97. The van der Waals surface area contributed by atoms with Gasteiger partial charge in [-0.1, -0.05) is 12.1 Å². The van der Waals surface area contributed by atoms with E-state index in [2.05, 4.69) is 28.8 Å². The number of likely N-dealkylation sites (N-methyl/N-ethyl adjacent to an activating group) is 1. The first-order valence-corrected chi connectivity index (χ1v) is 10.5. The van der Waals surface area contributed by atoms with E-state index in [1.54, 1.807) is 18.2 Å². The number of nitrogens with zero attached hydrogens (tertiary/aromatic N) is 3. The Bertz CT molecular complexity index is 867. The molecule has 2 saturated heterocycles. The van der Waals surface area contributed by atoms with Crippen molar-refractivity contribution in [2.24, 2.45) is 0 Å². The van der Waals surface area contributed by atoms with Crippen LogP contribution in [0.4, 0.5) is 4.39 Å². The third-order valence-corrected chi connectivity index (χ3v) is 7.44. The highest BCUT2D eigenvalue weighted by atomic mass is 32.1. The average molecular weight is 388 g/mol. The summed E-state index contributed by atoms with van der Waals surface area (Å²) in [5.41, 5.74) is 1.01. The van der Waals surface area contributed by atoms with Crippen molar-refractivity contribution in [3.8, 4) is 10.6 Å². The largest absolute Gasteiger partial charge is 0.331 e. The summed E-state index contributed by atoms with van der Waals surface area (Å²) >= 11 is 1.31. The number of thiazole rings is 1. The Morgan fingerprint density at radius 3 is 2.85 bits per heavy atom. The predicted molar refractivity (Wildman–Crippen MR) is 107 cm³/mol. The van der Waals surface area contributed by atoms with Gasteiger partial charge in [0.1, 0.15) is 15.7 Å². The number of piperidine rings is 2. The van der Waals surface area contributed by atoms with Crippen LogP contribution in [0, 0.1) is 12.7 Å². The van der Waals surface area contributed by atoms with E-state index >= 15 is 0 Å². The molecule has 27 heavy (non-hydrogen) atoms. The van der Waals surface area contributed by atoms with Gasteiger partial charge in [-0.2, -0.15) is 0 Å². The lowest BCUT2D eigenvalue weighted by molar-refractivity contribution is -0.0344. The molecule has 1 amide bonds. The van der Waals surface area contributed by atoms with E-state index < -0.39 is 0 Å². The molecule has 2 fully saturated rings. The normalized spacial score (nSPS) is 26.1. The first-order chi connectivity index (χ1) is 12.9. The van der Waals surface area contributed by atoms with Crippen LogP contribution in [0.15, 0.2) is 24.3 Å². The van der Waals surface area contributed by atoms with Crippen LogP contribution in [0.5, 0.6) is 0 Å². The molecule has 4 nitrogen and oxygen atoms in total. The molecule has 0 N–H and O–H groups in total. The van der Waals surface area contributed by atoms with E-state index in [0.717, 1.165) is 38.8 Å². The highest BCUT2D eigenvalue weighted by Gasteiger charge is 2.48. The Morgan fingerprint density at radius 2 is 2.07 bits per heavy atom. The molecule has 2 aliphatic rings. The van der Waals surface area contributed by atoms with Crippen molar-refractivity contribution in [3.05, 3.63) is 40.7 Å². The fraction of sp³-hybridized carbons (Fsp3) is 0.524. The average Bonchev–Trinajstić information content (AvgIpc) is 3.02. The van der Waals surface area contributed by atoms with Crippen molar-refractivity contribution in [2.45, 2.75) is 51.1 Å². The maximum absolute atomic E-state index is 14.2. The molecule has 0 unspecified atom stereocenters. The van der Waals surface area contributed by atoms with Crippen LogP contribution in [-0.2, 0) is 0 Å². The van der Waals surface area contributed by atoms with Crippen LogP contribution in [0.1, 0.15) is 48.0 Å². The number of fused-ring (bicyclic) bond motifs is 1. The molecule has 4 rings (SSSR count). The van der Waals surface area contributed by atoms with Crippen LogP contribution >= 0.6 is 11.3 Å². The zero-order chi connectivity index (χ0) is 19.2.